The summed E-state index contributed by atoms with van der Waals surface area (Å²) >= 11 is 5.69. The van der Waals surface area contributed by atoms with Crippen LogP contribution in [0.25, 0.3) is 0 Å². The van der Waals surface area contributed by atoms with E-state index in [1.165, 1.54) is 18.2 Å². The summed E-state index contributed by atoms with van der Waals surface area (Å²) < 4.78 is 9.77. The normalized spacial score (nSPS) is 18.6. The zero-order valence-corrected chi connectivity index (χ0v) is 9.73. The molecule has 1 heterocycles. The number of hydrogen-bond acceptors (Lipinski definition) is 4. The summed E-state index contributed by atoms with van der Waals surface area (Å²) in [7, 11) is 0. The highest BCUT2D eigenvalue weighted by Gasteiger charge is 2.25. The third kappa shape index (κ3) is 2.65. The molecule has 1 atom stereocenters. The zero-order chi connectivity index (χ0) is 12.4. The van der Waals surface area contributed by atoms with Gasteiger partial charge in [0.1, 0.15) is 0 Å². The molecule has 1 aromatic rings. The molecule has 0 saturated carbocycles. The Morgan fingerprint density at radius 3 is 2.53 bits per heavy atom. The lowest BCUT2D eigenvalue weighted by molar-refractivity contribution is -0.151. The van der Waals surface area contributed by atoms with Crippen LogP contribution in [-0.2, 0) is 14.3 Å². The highest BCUT2D eigenvalue weighted by molar-refractivity contribution is 6.30. The second-order valence-corrected chi connectivity index (χ2v) is 3.97. The van der Waals surface area contributed by atoms with Crippen LogP contribution in [0.3, 0.4) is 0 Å². The fraction of sp³-hybridized carbons (Fsp3) is 0.167. The van der Waals surface area contributed by atoms with Gasteiger partial charge in [0.05, 0.1) is 5.56 Å². The number of carbonyl (C=O) groups is 2. The van der Waals surface area contributed by atoms with Crippen molar-refractivity contribution in [3.63, 3.8) is 0 Å². The summed E-state index contributed by atoms with van der Waals surface area (Å²) in [6, 6.07) is 6.25. The summed E-state index contributed by atoms with van der Waals surface area (Å²) in [4.78, 5) is 22.7. The number of cyclic esters (lactones) is 1. The van der Waals surface area contributed by atoms with Crippen LogP contribution in [-0.4, -0.2) is 18.2 Å². The van der Waals surface area contributed by atoms with Crippen LogP contribution in [0.4, 0.5) is 0 Å². The number of esters is 2. The topological polar surface area (TPSA) is 52.6 Å². The van der Waals surface area contributed by atoms with Crippen molar-refractivity contribution >= 4 is 23.5 Å². The van der Waals surface area contributed by atoms with Crippen molar-refractivity contribution < 1.29 is 19.1 Å². The van der Waals surface area contributed by atoms with Gasteiger partial charge in [0, 0.05) is 16.7 Å². The first-order chi connectivity index (χ1) is 8.06. The monoisotopic (exact) mass is 252 g/mol. The Kier molecular flexibility index (Phi) is 3.15. The van der Waals surface area contributed by atoms with Crippen LogP contribution < -0.4 is 0 Å². The van der Waals surface area contributed by atoms with E-state index in [9.17, 15) is 9.59 Å². The average Bonchev–Trinajstić information content (AvgIpc) is 2.58. The molecular formula is C12H9ClO4. The highest BCUT2D eigenvalue weighted by Crippen LogP contribution is 2.16. The molecule has 0 saturated heterocycles. The molecule has 0 aromatic heterocycles. The Morgan fingerprint density at radius 2 is 2.00 bits per heavy atom. The molecule has 17 heavy (non-hydrogen) atoms. The molecule has 0 spiro atoms. The molecule has 1 aliphatic heterocycles. The number of ether oxygens (including phenoxy) is 2. The average molecular weight is 253 g/mol. The van der Waals surface area contributed by atoms with E-state index in [0.29, 0.717) is 16.2 Å². The maximum atomic E-state index is 11.6. The molecule has 0 aliphatic carbocycles. The lowest BCUT2D eigenvalue weighted by Gasteiger charge is -2.09. The van der Waals surface area contributed by atoms with Gasteiger partial charge in [0.15, 0.2) is 0 Å². The van der Waals surface area contributed by atoms with E-state index in [0.717, 1.165) is 0 Å². The number of benzene rings is 1. The summed E-state index contributed by atoms with van der Waals surface area (Å²) in [6.45, 7) is 1.60. The fourth-order valence-electron chi connectivity index (χ4n) is 1.32. The molecule has 88 valence electrons. The van der Waals surface area contributed by atoms with Gasteiger partial charge in [0.25, 0.3) is 6.29 Å². The predicted molar refractivity (Wildman–Crippen MR) is 60.5 cm³/mol. The molecule has 0 fully saturated rings. The van der Waals surface area contributed by atoms with E-state index in [-0.39, 0.29) is 0 Å². The Labute approximate surface area is 103 Å². The van der Waals surface area contributed by atoms with Crippen LogP contribution in [0.15, 0.2) is 35.9 Å². The number of halogens is 1. The number of hydrogen-bond donors (Lipinski definition) is 0. The first kappa shape index (κ1) is 11.7. The van der Waals surface area contributed by atoms with Crippen molar-refractivity contribution in [3.05, 3.63) is 46.5 Å². The minimum Gasteiger partial charge on any atom is -0.418 e. The Balaban J connectivity index is 2.03. The van der Waals surface area contributed by atoms with E-state index in [1.54, 1.807) is 19.1 Å². The molecule has 0 amide bonds. The summed E-state index contributed by atoms with van der Waals surface area (Å²) in [5, 5.41) is 0.532. The van der Waals surface area contributed by atoms with E-state index < -0.39 is 18.2 Å². The van der Waals surface area contributed by atoms with Gasteiger partial charge >= 0.3 is 11.9 Å². The van der Waals surface area contributed by atoms with Gasteiger partial charge in [-0.1, -0.05) is 11.6 Å². The van der Waals surface area contributed by atoms with E-state index in [1.807, 2.05) is 0 Å². The molecule has 1 aliphatic rings. The maximum absolute atomic E-state index is 11.6. The lowest BCUT2D eigenvalue weighted by atomic mass is 10.2. The highest BCUT2D eigenvalue weighted by atomic mass is 35.5. The lowest BCUT2D eigenvalue weighted by Crippen LogP contribution is -2.17. The van der Waals surface area contributed by atoms with E-state index in [2.05, 4.69) is 0 Å². The standard InChI is InChI=1S/C12H9ClO4/c1-7-6-10(16-11(7)14)17-12(15)8-2-4-9(13)5-3-8/h2-6,10H,1H3/t10-/m0/s1. The van der Waals surface area contributed by atoms with Crippen LogP contribution in [0.5, 0.6) is 0 Å². The molecule has 4 nitrogen and oxygen atoms in total. The van der Waals surface area contributed by atoms with Crippen molar-refractivity contribution in [1.82, 2.24) is 0 Å². The molecule has 0 N–H and O–H groups in total. The zero-order valence-electron chi connectivity index (χ0n) is 8.98. The third-order valence-electron chi connectivity index (χ3n) is 2.23. The van der Waals surface area contributed by atoms with E-state index >= 15 is 0 Å². The van der Waals surface area contributed by atoms with E-state index in [4.69, 9.17) is 21.1 Å². The van der Waals surface area contributed by atoms with Crippen LogP contribution in [0, 0.1) is 0 Å². The Hall–Kier alpha value is -1.81. The Morgan fingerprint density at radius 1 is 1.35 bits per heavy atom. The second-order valence-electron chi connectivity index (χ2n) is 3.54. The quantitative estimate of drug-likeness (QED) is 0.758. The van der Waals surface area contributed by atoms with Crippen LogP contribution >= 0.6 is 11.6 Å². The second kappa shape index (κ2) is 4.59. The largest absolute Gasteiger partial charge is 0.418 e. The number of carbonyl (C=O) groups excluding carboxylic acids is 2. The molecule has 0 unspecified atom stereocenters. The smallest absolute Gasteiger partial charge is 0.341 e. The number of rotatable bonds is 2. The molecule has 0 bridgehead atoms. The Bertz CT molecular complexity index is 490. The molecular weight excluding hydrogens is 244 g/mol. The molecule has 5 heteroatoms. The van der Waals surface area contributed by atoms with Gasteiger partial charge < -0.3 is 9.47 Å². The molecule has 1 aromatic carbocycles. The van der Waals surface area contributed by atoms with Crippen molar-refractivity contribution in [2.45, 2.75) is 13.2 Å². The third-order valence-corrected chi connectivity index (χ3v) is 2.49. The summed E-state index contributed by atoms with van der Waals surface area (Å²) in [5.41, 5.74) is 0.780. The van der Waals surface area contributed by atoms with Gasteiger partial charge in [-0.15, -0.1) is 0 Å². The first-order valence-corrected chi connectivity index (χ1v) is 5.30. The van der Waals surface area contributed by atoms with Crippen molar-refractivity contribution in [1.29, 1.82) is 0 Å². The van der Waals surface area contributed by atoms with Gasteiger partial charge in [-0.25, -0.2) is 9.59 Å². The molecule has 0 radical (unpaired) electrons. The van der Waals surface area contributed by atoms with Gasteiger partial charge in [-0.05, 0) is 31.2 Å². The van der Waals surface area contributed by atoms with Gasteiger partial charge in [-0.2, -0.15) is 0 Å². The summed E-state index contributed by atoms with van der Waals surface area (Å²) in [6.07, 6.45) is 0.515. The van der Waals surface area contributed by atoms with Gasteiger partial charge in [0.2, 0.25) is 0 Å². The van der Waals surface area contributed by atoms with Crippen LogP contribution in [0.2, 0.25) is 5.02 Å². The van der Waals surface area contributed by atoms with Crippen molar-refractivity contribution in [2.75, 3.05) is 0 Å². The maximum Gasteiger partial charge on any atom is 0.341 e. The minimum atomic E-state index is -0.939. The fourth-order valence-corrected chi connectivity index (χ4v) is 1.45. The van der Waals surface area contributed by atoms with Gasteiger partial charge in [-0.3, -0.25) is 0 Å². The van der Waals surface area contributed by atoms with Crippen LogP contribution in [0.1, 0.15) is 17.3 Å². The SMILES string of the molecule is CC1=C[C@H](OC(=O)c2ccc(Cl)cc2)OC1=O. The summed E-state index contributed by atoms with van der Waals surface area (Å²) in [5.74, 6) is -1.04. The first-order valence-electron chi connectivity index (χ1n) is 4.92. The predicted octanol–water partition coefficient (Wildman–Crippen LogP) is 2.33. The molecule has 2 rings (SSSR count). The van der Waals surface area contributed by atoms with Crippen molar-refractivity contribution in [2.24, 2.45) is 0 Å². The minimum absolute atomic E-state index is 0.350. The van der Waals surface area contributed by atoms with Crippen molar-refractivity contribution in [3.8, 4) is 0 Å².